The zero-order chi connectivity index (χ0) is 25.3. The maximum absolute atomic E-state index is 13.7. The molecule has 3 aromatic rings. The lowest BCUT2D eigenvalue weighted by Crippen LogP contribution is -2.49. The molecule has 0 fully saturated rings. The zero-order valence-electron chi connectivity index (χ0n) is 18.7. The fourth-order valence-corrected chi connectivity index (χ4v) is 3.41. The van der Waals surface area contributed by atoms with Gasteiger partial charge in [0.25, 0.3) is 5.91 Å². The number of carbonyl (C=O) groups is 2. The lowest BCUT2D eigenvalue weighted by Gasteiger charge is -2.28. The van der Waals surface area contributed by atoms with Gasteiger partial charge in [-0.2, -0.15) is 13.2 Å². The van der Waals surface area contributed by atoms with Crippen molar-refractivity contribution >= 4 is 22.6 Å². The van der Waals surface area contributed by atoms with Gasteiger partial charge >= 0.3 is 12.1 Å². The molecule has 3 rings (SSSR count). The van der Waals surface area contributed by atoms with Crippen LogP contribution in [-0.2, 0) is 17.6 Å². The normalized spacial score (nSPS) is 12.9. The van der Waals surface area contributed by atoms with E-state index in [9.17, 15) is 32.3 Å². The second-order valence-electron chi connectivity index (χ2n) is 8.90. The monoisotopic (exact) mass is 477 g/mol. The van der Waals surface area contributed by atoms with Gasteiger partial charge in [0.1, 0.15) is 24.2 Å². The summed E-state index contributed by atoms with van der Waals surface area (Å²) in [4.78, 5) is 24.7. The molecule has 0 aromatic heterocycles. The summed E-state index contributed by atoms with van der Waals surface area (Å²) in [5, 5.41) is 12.9. The van der Waals surface area contributed by atoms with Gasteiger partial charge in [0, 0.05) is 5.39 Å². The largest absolute Gasteiger partial charge is 0.487 e. The van der Waals surface area contributed by atoms with E-state index in [4.69, 9.17) is 4.74 Å². The Morgan fingerprint density at radius 1 is 1.00 bits per heavy atom. The summed E-state index contributed by atoms with van der Waals surface area (Å²) in [6.07, 6.45) is -4.47. The van der Waals surface area contributed by atoms with Gasteiger partial charge in [-0.05, 0) is 52.8 Å². The predicted octanol–water partition coefficient (Wildman–Crippen LogP) is 5.81. The molecule has 0 radical (unpaired) electrons. The van der Waals surface area contributed by atoms with Crippen LogP contribution in [0.25, 0.3) is 10.8 Å². The second-order valence-corrected chi connectivity index (χ2v) is 8.90. The molecule has 9 heteroatoms. The molecule has 0 heterocycles. The van der Waals surface area contributed by atoms with E-state index in [1.807, 2.05) is 0 Å². The predicted molar refractivity (Wildman–Crippen MR) is 118 cm³/mol. The molecule has 0 saturated carbocycles. The third-order valence-electron chi connectivity index (χ3n) is 5.23. The van der Waals surface area contributed by atoms with Crippen molar-refractivity contribution in [3.8, 4) is 5.75 Å². The summed E-state index contributed by atoms with van der Waals surface area (Å²) in [5.41, 5.74) is -1.17. The third kappa shape index (κ3) is 5.65. The number of alkyl halides is 3. The Morgan fingerprint density at radius 2 is 1.65 bits per heavy atom. The van der Waals surface area contributed by atoms with Gasteiger partial charge in [-0.3, -0.25) is 4.79 Å². The van der Waals surface area contributed by atoms with Crippen LogP contribution < -0.4 is 10.1 Å². The number of carboxylic acids is 1. The van der Waals surface area contributed by atoms with Crippen LogP contribution in [0.1, 0.15) is 42.3 Å². The fourth-order valence-electron chi connectivity index (χ4n) is 3.41. The molecule has 1 unspecified atom stereocenters. The fraction of sp³-hybridized carbons (Fsp3) is 0.280. The maximum atomic E-state index is 13.7. The number of rotatable bonds is 6. The van der Waals surface area contributed by atoms with E-state index in [2.05, 4.69) is 5.32 Å². The minimum Gasteiger partial charge on any atom is -0.487 e. The van der Waals surface area contributed by atoms with E-state index >= 15 is 0 Å². The average molecular weight is 477 g/mol. The molecule has 0 saturated heterocycles. The van der Waals surface area contributed by atoms with Gasteiger partial charge in [0.05, 0.1) is 11.1 Å². The first kappa shape index (κ1) is 25.0. The van der Waals surface area contributed by atoms with Crippen molar-refractivity contribution in [2.24, 2.45) is 5.41 Å². The topological polar surface area (TPSA) is 75.6 Å². The number of halogens is 4. The molecular weight excluding hydrogens is 454 g/mol. The molecule has 0 aliphatic carbocycles. The summed E-state index contributed by atoms with van der Waals surface area (Å²) in [7, 11) is 0. The second kappa shape index (κ2) is 9.32. The molecular formula is C25H23F4NO4. The number of carboxylic acid groups (broad SMARTS) is 1. The van der Waals surface area contributed by atoms with Crippen molar-refractivity contribution in [2.75, 3.05) is 0 Å². The number of aliphatic carboxylic acids is 1. The first-order valence-corrected chi connectivity index (χ1v) is 10.3. The molecule has 2 N–H and O–H groups in total. The number of hydrogen-bond acceptors (Lipinski definition) is 3. The van der Waals surface area contributed by atoms with Gasteiger partial charge in [-0.25, -0.2) is 9.18 Å². The first-order valence-electron chi connectivity index (χ1n) is 10.3. The lowest BCUT2D eigenvalue weighted by atomic mass is 9.86. The lowest BCUT2D eigenvalue weighted by molar-refractivity contribution is -0.142. The van der Waals surface area contributed by atoms with Crippen LogP contribution in [0.3, 0.4) is 0 Å². The molecule has 3 aromatic carbocycles. The zero-order valence-corrected chi connectivity index (χ0v) is 18.7. The van der Waals surface area contributed by atoms with Crippen LogP contribution in [0.4, 0.5) is 17.6 Å². The molecule has 0 bridgehead atoms. The number of benzene rings is 3. The van der Waals surface area contributed by atoms with Crippen LogP contribution in [-0.4, -0.2) is 23.0 Å². The summed E-state index contributed by atoms with van der Waals surface area (Å²) in [6, 6.07) is 9.90. The van der Waals surface area contributed by atoms with Crippen LogP contribution in [0.5, 0.6) is 5.75 Å². The van der Waals surface area contributed by atoms with E-state index in [0.29, 0.717) is 16.3 Å². The van der Waals surface area contributed by atoms with E-state index in [1.165, 1.54) is 42.5 Å². The Hall–Kier alpha value is -3.62. The first-order chi connectivity index (χ1) is 15.8. The van der Waals surface area contributed by atoms with Crippen molar-refractivity contribution in [3.05, 3.63) is 77.1 Å². The highest BCUT2D eigenvalue weighted by Crippen LogP contribution is 2.33. The molecule has 0 aliphatic heterocycles. The number of hydrogen-bond donors (Lipinski definition) is 2. The Bertz CT molecular complexity index is 1210. The highest BCUT2D eigenvalue weighted by Gasteiger charge is 2.34. The van der Waals surface area contributed by atoms with Crippen molar-refractivity contribution in [1.29, 1.82) is 0 Å². The highest BCUT2D eigenvalue weighted by molar-refractivity contribution is 6.05. The van der Waals surface area contributed by atoms with Crippen molar-refractivity contribution in [2.45, 2.75) is 39.6 Å². The molecule has 34 heavy (non-hydrogen) atoms. The number of fused-ring (bicyclic) bond motifs is 1. The van der Waals surface area contributed by atoms with Crippen molar-refractivity contribution in [1.82, 2.24) is 5.32 Å². The summed E-state index contributed by atoms with van der Waals surface area (Å²) in [5.74, 6) is -2.36. The Morgan fingerprint density at radius 3 is 2.21 bits per heavy atom. The van der Waals surface area contributed by atoms with Gasteiger partial charge in [-0.15, -0.1) is 0 Å². The maximum Gasteiger partial charge on any atom is 0.416 e. The number of amides is 1. The summed E-state index contributed by atoms with van der Waals surface area (Å²) >= 11 is 0. The van der Waals surface area contributed by atoms with Crippen molar-refractivity contribution in [3.63, 3.8) is 0 Å². The van der Waals surface area contributed by atoms with Gasteiger partial charge < -0.3 is 15.2 Å². The minimum atomic E-state index is -4.47. The minimum absolute atomic E-state index is 0.0153. The average Bonchev–Trinajstić information content (AvgIpc) is 2.74. The van der Waals surface area contributed by atoms with Gasteiger partial charge in [-0.1, -0.05) is 39.0 Å². The molecule has 5 nitrogen and oxygen atoms in total. The van der Waals surface area contributed by atoms with Crippen LogP contribution in [0.2, 0.25) is 0 Å². The van der Waals surface area contributed by atoms with E-state index in [0.717, 1.165) is 12.1 Å². The van der Waals surface area contributed by atoms with Gasteiger partial charge in [0.15, 0.2) is 0 Å². The highest BCUT2D eigenvalue weighted by atomic mass is 19.4. The smallest absolute Gasteiger partial charge is 0.416 e. The third-order valence-corrected chi connectivity index (χ3v) is 5.23. The van der Waals surface area contributed by atoms with Crippen molar-refractivity contribution < 1.29 is 37.0 Å². The summed E-state index contributed by atoms with van der Waals surface area (Å²) in [6.45, 7) is 4.82. The Labute approximate surface area is 193 Å². The molecule has 0 aliphatic rings. The number of nitrogens with one attached hydrogen (secondary N) is 1. The Kier molecular flexibility index (Phi) is 6.86. The molecule has 180 valence electrons. The van der Waals surface area contributed by atoms with E-state index < -0.39 is 40.9 Å². The molecule has 1 amide bonds. The van der Waals surface area contributed by atoms with E-state index in [1.54, 1.807) is 20.8 Å². The van der Waals surface area contributed by atoms with E-state index in [-0.39, 0.29) is 17.9 Å². The van der Waals surface area contributed by atoms with Crippen LogP contribution in [0.15, 0.2) is 54.6 Å². The number of carbonyl (C=O) groups excluding carboxylic acids is 1. The SMILES string of the molecule is CC(C)(C)C(NC(=O)c1ccc2cc(F)ccc2c1OCc1ccc(C(F)(F)F)cc1)C(=O)O. The number of ether oxygens (including phenoxy) is 1. The molecule has 1 atom stereocenters. The van der Waals surface area contributed by atoms with Gasteiger partial charge in [0.2, 0.25) is 0 Å². The Balaban J connectivity index is 1.97. The standard InChI is InChI=1S/C25H23F4NO4/c1-24(2,3)21(23(32)33)30-22(31)19-10-6-15-12-17(26)9-11-18(15)20(19)34-13-14-4-7-16(8-5-14)25(27,28)29/h4-12,21H,13H2,1-3H3,(H,30,31)(H,32,33). The molecule has 0 spiro atoms. The van der Waals surface area contributed by atoms with Crippen LogP contribution in [0, 0.1) is 11.2 Å². The summed E-state index contributed by atoms with van der Waals surface area (Å²) < 4.78 is 58.0. The quantitative estimate of drug-likeness (QED) is 0.440. The van der Waals surface area contributed by atoms with Crippen LogP contribution >= 0.6 is 0 Å².